The Morgan fingerprint density at radius 1 is 0.846 bits per heavy atom. The van der Waals surface area contributed by atoms with Crippen LogP contribution in [0.25, 0.3) is 0 Å². The van der Waals surface area contributed by atoms with Crippen LogP contribution in [0.3, 0.4) is 0 Å². The fourth-order valence-electron chi connectivity index (χ4n) is 3.15. The highest BCUT2D eigenvalue weighted by Crippen LogP contribution is 2.36. The second-order valence-corrected chi connectivity index (χ2v) is 6.24. The van der Waals surface area contributed by atoms with Crippen molar-refractivity contribution in [3.8, 4) is 0 Å². The lowest BCUT2D eigenvalue weighted by atomic mass is 9.95. The molecule has 3 aromatic carbocycles. The molecule has 0 bridgehead atoms. The van der Waals surface area contributed by atoms with Crippen LogP contribution in [-0.2, 0) is 11.3 Å². The van der Waals surface area contributed by atoms with Crippen LogP contribution >= 0.6 is 0 Å². The van der Waals surface area contributed by atoms with Gasteiger partial charge in [0.2, 0.25) is 0 Å². The lowest BCUT2D eigenvalue weighted by Crippen LogP contribution is -2.26. The number of nitrogens with one attached hydrogen (secondary N) is 1. The Morgan fingerprint density at radius 3 is 2.23 bits per heavy atom. The molecule has 4 rings (SSSR count). The van der Waals surface area contributed by atoms with Gasteiger partial charge in [-0.05, 0) is 28.8 Å². The highest BCUT2D eigenvalue weighted by Gasteiger charge is 2.32. The van der Waals surface area contributed by atoms with E-state index in [9.17, 15) is 4.39 Å². The molecular weight excluding hydrogens is 327 g/mol. The van der Waals surface area contributed by atoms with E-state index in [2.05, 4.69) is 29.6 Å². The first-order valence-electron chi connectivity index (χ1n) is 8.61. The third-order valence-electron chi connectivity index (χ3n) is 4.42. The fourth-order valence-corrected chi connectivity index (χ4v) is 3.15. The number of hydrogen-bond donors (Lipinski definition) is 1. The normalized spacial score (nSPS) is 18.9. The highest BCUT2D eigenvalue weighted by molar-refractivity contribution is 5.77. The van der Waals surface area contributed by atoms with E-state index < -0.39 is 0 Å². The Bertz CT molecular complexity index is 896. The van der Waals surface area contributed by atoms with Crippen molar-refractivity contribution in [1.29, 1.82) is 0 Å². The van der Waals surface area contributed by atoms with Gasteiger partial charge in [-0.25, -0.2) is 9.38 Å². The van der Waals surface area contributed by atoms with Gasteiger partial charge in [0.25, 0.3) is 6.02 Å². The van der Waals surface area contributed by atoms with Crippen molar-refractivity contribution < 1.29 is 9.13 Å². The Morgan fingerprint density at radius 2 is 1.54 bits per heavy atom. The van der Waals surface area contributed by atoms with E-state index in [-0.39, 0.29) is 24.5 Å². The number of aliphatic imine (C=N–C) groups is 1. The number of amidine groups is 1. The van der Waals surface area contributed by atoms with E-state index in [1.54, 1.807) is 6.07 Å². The first kappa shape index (κ1) is 16.3. The summed E-state index contributed by atoms with van der Waals surface area (Å²) in [6.45, 7) is 0.270. The molecule has 1 aliphatic rings. The molecule has 0 radical (unpaired) electrons. The van der Waals surface area contributed by atoms with E-state index in [0.29, 0.717) is 6.02 Å². The molecule has 0 saturated carbocycles. The van der Waals surface area contributed by atoms with Crippen molar-refractivity contribution in [1.82, 2.24) is 5.32 Å². The summed E-state index contributed by atoms with van der Waals surface area (Å²) in [6.07, 6.45) is 0. The molecule has 2 atom stereocenters. The van der Waals surface area contributed by atoms with E-state index in [1.165, 1.54) is 12.1 Å². The van der Waals surface area contributed by atoms with Crippen LogP contribution in [0.15, 0.2) is 89.9 Å². The third-order valence-corrected chi connectivity index (χ3v) is 4.42. The SMILES string of the molecule is Fc1cccc(COC2=N[C@H](c3ccccc3)[C@H](c3ccccc3)N2)c1. The second kappa shape index (κ2) is 7.40. The van der Waals surface area contributed by atoms with Crippen LogP contribution in [-0.4, -0.2) is 6.02 Å². The number of rotatable bonds is 4. The summed E-state index contributed by atoms with van der Waals surface area (Å²) >= 11 is 0. The zero-order valence-corrected chi connectivity index (χ0v) is 14.2. The van der Waals surface area contributed by atoms with Crippen LogP contribution < -0.4 is 5.32 Å². The predicted octanol–water partition coefficient (Wildman–Crippen LogP) is 4.78. The van der Waals surface area contributed by atoms with Crippen LogP contribution in [0.2, 0.25) is 0 Å². The van der Waals surface area contributed by atoms with Gasteiger partial charge in [0, 0.05) is 0 Å². The molecule has 0 amide bonds. The topological polar surface area (TPSA) is 33.6 Å². The van der Waals surface area contributed by atoms with Crippen LogP contribution in [0.5, 0.6) is 0 Å². The molecule has 0 spiro atoms. The summed E-state index contributed by atoms with van der Waals surface area (Å²) in [5.41, 5.74) is 3.04. The third kappa shape index (κ3) is 3.59. The minimum absolute atomic E-state index is 0.00103. The molecule has 3 nitrogen and oxygen atoms in total. The van der Waals surface area contributed by atoms with Crippen molar-refractivity contribution in [3.05, 3.63) is 107 Å². The molecule has 1 N–H and O–H groups in total. The number of nitrogens with zero attached hydrogens (tertiary/aromatic N) is 1. The maximum atomic E-state index is 13.3. The molecule has 0 unspecified atom stereocenters. The summed E-state index contributed by atoms with van der Waals surface area (Å²) in [7, 11) is 0. The van der Waals surface area contributed by atoms with Gasteiger partial charge in [0.1, 0.15) is 18.5 Å². The quantitative estimate of drug-likeness (QED) is 0.737. The predicted molar refractivity (Wildman–Crippen MR) is 100 cm³/mol. The van der Waals surface area contributed by atoms with Gasteiger partial charge in [0.05, 0.1) is 6.04 Å². The molecule has 1 aliphatic heterocycles. The Balaban J connectivity index is 1.56. The van der Waals surface area contributed by atoms with E-state index >= 15 is 0 Å². The molecule has 0 aliphatic carbocycles. The van der Waals surface area contributed by atoms with Crippen molar-refractivity contribution in [2.24, 2.45) is 4.99 Å². The number of halogens is 1. The Kier molecular flexibility index (Phi) is 4.65. The number of ether oxygens (including phenoxy) is 1. The van der Waals surface area contributed by atoms with E-state index in [1.807, 2.05) is 42.5 Å². The summed E-state index contributed by atoms with van der Waals surface area (Å²) in [4.78, 5) is 4.74. The Hall–Kier alpha value is -3.14. The zero-order chi connectivity index (χ0) is 17.8. The van der Waals surface area contributed by atoms with E-state index in [0.717, 1.165) is 16.7 Å². The molecule has 0 saturated heterocycles. The van der Waals surface area contributed by atoms with Crippen molar-refractivity contribution in [3.63, 3.8) is 0 Å². The van der Waals surface area contributed by atoms with Gasteiger partial charge in [0.15, 0.2) is 0 Å². The lowest BCUT2D eigenvalue weighted by molar-refractivity contribution is 0.278. The van der Waals surface area contributed by atoms with Crippen molar-refractivity contribution in [2.75, 3.05) is 0 Å². The summed E-state index contributed by atoms with van der Waals surface area (Å²) in [5, 5.41) is 3.37. The maximum absolute atomic E-state index is 13.3. The molecule has 4 heteroatoms. The van der Waals surface area contributed by atoms with Gasteiger partial charge in [-0.15, -0.1) is 0 Å². The van der Waals surface area contributed by atoms with Gasteiger partial charge < -0.3 is 10.1 Å². The van der Waals surface area contributed by atoms with Gasteiger partial charge in [-0.2, -0.15) is 0 Å². The molecule has 0 fully saturated rings. The first-order chi connectivity index (χ1) is 12.8. The number of hydrogen-bond acceptors (Lipinski definition) is 3. The van der Waals surface area contributed by atoms with Crippen LogP contribution in [0.1, 0.15) is 28.8 Å². The number of benzene rings is 3. The molecule has 26 heavy (non-hydrogen) atoms. The fraction of sp³-hybridized carbons (Fsp3) is 0.136. The summed E-state index contributed by atoms with van der Waals surface area (Å²) in [6, 6.07) is 27.2. The molecule has 1 heterocycles. The summed E-state index contributed by atoms with van der Waals surface area (Å²) < 4.78 is 19.2. The van der Waals surface area contributed by atoms with Crippen molar-refractivity contribution in [2.45, 2.75) is 18.7 Å². The van der Waals surface area contributed by atoms with Crippen molar-refractivity contribution >= 4 is 6.02 Å². The monoisotopic (exact) mass is 346 g/mol. The van der Waals surface area contributed by atoms with Gasteiger partial charge in [-0.3, -0.25) is 0 Å². The molecule has 130 valence electrons. The van der Waals surface area contributed by atoms with E-state index in [4.69, 9.17) is 9.73 Å². The lowest BCUT2D eigenvalue weighted by Gasteiger charge is -2.19. The zero-order valence-electron chi connectivity index (χ0n) is 14.2. The average molecular weight is 346 g/mol. The molecule has 3 aromatic rings. The van der Waals surface area contributed by atoms with Gasteiger partial charge in [-0.1, -0.05) is 72.8 Å². The minimum Gasteiger partial charge on any atom is -0.460 e. The van der Waals surface area contributed by atoms with Crippen LogP contribution in [0, 0.1) is 5.82 Å². The molecule has 0 aromatic heterocycles. The highest BCUT2D eigenvalue weighted by atomic mass is 19.1. The molecular formula is C22H19FN2O. The minimum atomic E-state index is -0.267. The largest absolute Gasteiger partial charge is 0.460 e. The average Bonchev–Trinajstić information content (AvgIpc) is 3.12. The standard InChI is InChI=1S/C22H19FN2O/c23-19-13-7-8-16(14-19)15-26-22-24-20(17-9-3-1-4-10-17)21(25-22)18-11-5-2-6-12-18/h1-14,20-21H,15H2,(H,24,25)/t20-,21+. The maximum Gasteiger partial charge on any atom is 0.286 e. The summed E-state index contributed by atoms with van der Waals surface area (Å²) in [5.74, 6) is -0.267. The first-order valence-corrected chi connectivity index (χ1v) is 8.61. The van der Waals surface area contributed by atoms with Crippen LogP contribution in [0.4, 0.5) is 4.39 Å². The van der Waals surface area contributed by atoms with Gasteiger partial charge >= 0.3 is 0 Å². The Labute approximate surface area is 152 Å². The smallest absolute Gasteiger partial charge is 0.286 e. The second-order valence-electron chi connectivity index (χ2n) is 6.24.